The van der Waals surface area contributed by atoms with Crippen molar-refractivity contribution in [3.8, 4) is 11.5 Å². The van der Waals surface area contributed by atoms with E-state index in [9.17, 15) is 9.59 Å². The first kappa shape index (κ1) is 18.8. The normalized spacial score (nSPS) is 12.8. The largest absolute Gasteiger partial charge is 0.484 e. The highest BCUT2D eigenvalue weighted by Gasteiger charge is 2.25. The first-order chi connectivity index (χ1) is 12.9. The van der Waals surface area contributed by atoms with Crippen LogP contribution >= 0.6 is 11.6 Å². The van der Waals surface area contributed by atoms with Crippen LogP contribution in [0, 0.1) is 0 Å². The molecule has 1 aliphatic heterocycles. The fourth-order valence-corrected chi connectivity index (χ4v) is 2.73. The number of hydrogen-bond donors (Lipinski definition) is 1. The molecular weight excluding hydrogens is 368 g/mol. The third kappa shape index (κ3) is 4.80. The van der Waals surface area contributed by atoms with E-state index >= 15 is 0 Å². The zero-order valence-electron chi connectivity index (χ0n) is 14.8. The highest BCUT2D eigenvalue weighted by Crippen LogP contribution is 2.34. The molecule has 0 aromatic heterocycles. The molecule has 140 valence electrons. The molecule has 27 heavy (non-hydrogen) atoms. The van der Waals surface area contributed by atoms with Crippen molar-refractivity contribution in [1.82, 2.24) is 0 Å². The maximum absolute atomic E-state index is 12.2. The van der Waals surface area contributed by atoms with E-state index in [2.05, 4.69) is 11.9 Å². The second-order valence-corrected chi connectivity index (χ2v) is 6.64. The first-order valence-corrected chi connectivity index (χ1v) is 8.70. The Morgan fingerprint density at radius 1 is 1.30 bits per heavy atom. The highest BCUT2D eigenvalue weighted by atomic mass is 35.5. The summed E-state index contributed by atoms with van der Waals surface area (Å²) in [6.07, 6.45) is 0. The standard InChI is InChI=1S/C20H19ClN2O4/c1-13(2)10-23-17-9-15(5-8-18(17)27-12-20(23)25)22-19(24)11-26-16-6-3-14(21)4-7-16/h3-9H,1,10-12H2,2H3,(H,22,24). The van der Waals surface area contributed by atoms with Gasteiger partial charge in [0, 0.05) is 17.3 Å². The summed E-state index contributed by atoms with van der Waals surface area (Å²) in [6, 6.07) is 11.9. The quantitative estimate of drug-likeness (QED) is 0.769. The molecule has 0 saturated heterocycles. The van der Waals surface area contributed by atoms with Crippen LogP contribution in [-0.2, 0) is 9.59 Å². The third-order valence-corrected chi connectivity index (χ3v) is 4.05. The van der Waals surface area contributed by atoms with Gasteiger partial charge in [-0.1, -0.05) is 23.8 Å². The molecule has 1 N–H and O–H groups in total. The average Bonchev–Trinajstić information content (AvgIpc) is 2.63. The fourth-order valence-electron chi connectivity index (χ4n) is 2.60. The molecule has 0 radical (unpaired) electrons. The van der Waals surface area contributed by atoms with Gasteiger partial charge in [-0.3, -0.25) is 9.59 Å². The Bertz CT molecular complexity index is 880. The average molecular weight is 387 g/mol. The van der Waals surface area contributed by atoms with E-state index in [0.717, 1.165) is 5.57 Å². The van der Waals surface area contributed by atoms with Gasteiger partial charge in [-0.15, -0.1) is 0 Å². The van der Waals surface area contributed by atoms with Crippen LogP contribution in [0.25, 0.3) is 0 Å². The Labute approximate surface area is 162 Å². The summed E-state index contributed by atoms with van der Waals surface area (Å²) >= 11 is 5.81. The van der Waals surface area contributed by atoms with Crippen LogP contribution in [0.3, 0.4) is 0 Å². The molecule has 0 aliphatic carbocycles. The highest BCUT2D eigenvalue weighted by molar-refractivity contribution is 6.30. The Balaban J connectivity index is 1.67. The minimum atomic E-state index is -0.320. The van der Waals surface area contributed by atoms with Gasteiger partial charge in [0.1, 0.15) is 11.5 Å². The molecule has 0 saturated carbocycles. The number of amides is 2. The number of carbonyl (C=O) groups is 2. The van der Waals surface area contributed by atoms with Crippen LogP contribution in [0.1, 0.15) is 6.92 Å². The van der Waals surface area contributed by atoms with Crippen LogP contribution in [0.4, 0.5) is 11.4 Å². The summed E-state index contributed by atoms with van der Waals surface area (Å²) in [4.78, 5) is 25.9. The van der Waals surface area contributed by atoms with Crippen LogP contribution < -0.4 is 19.7 Å². The fraction of sp³-hybridized carbons (Fsp3) is 0.200. The minimum absolute atomic E-state index is 0.0130. The third-order valence-electron chi connectivity index (χ3n) is 3.80. The second-order valence-electron chi connectivity index (χ2n) is 6.20. The van der Waals surface area contributed by atoms with Crippen molar-refractivity contribution >= 4 is 34.8 Å². The van der Waals surface area contributed by atoms with Gasteiger partial charge in [0.05, 0.1) is 5.69 Å². The van der Waals surface area contributed by atoms with Crippen molar-refractivity contribution in [2.24, 2.45) is 0 Å². The van der Waals surface area contributed by atoms with Gasteiger partial charge in [0.25, 0.3) is 11.8 Å². The molecule has 1 heterocycles. The number of halogens is 1. The number of nitrogens with zero attached hydrogens (tertiary/aromatic N) is 1. The molecule has 3 rings (SSSR count). The molecule has 2 aromatic carbocycles. The van der Waals surface area contributed by atoms with Crippen molar-refractivity contribution in [3.05, 3.63) is 59.6 Å². The lowest BCUT2D eigenvalue weighted by Gasteiger charge is -2.30. The maximum atomic E-state index is 12.2. The topological polar surface area (TPSA) is 67.9 Å². The van der Waals surface area contributed by atoms with Gasteiger partial charge in [-0.2, -0.15) is 0 Å². The lowest BCUT2D eigenvalue weighted by molar-refractivity contribution is -0.121. The minimum Gasteiger partial charge on any atom is -0.484 e. The van der Waals surface area contributed by atoms with Crippen molar-refractivity contribution in [1.29, 1.82) is 0 Å². The smallest absolute Gasteiger partial charge is 0.265 e. The van der Waals surface area contributed by atoms with E-state index in [1.54, 1.807) is 47.4 Å². The number of nitrogens with one attached hydrogen (secondary N) is 1. The van der Waals surface area contributed by atoms with Crippen LogP contribution in [0.5, 0.6) is 11.5 Å². The van der Waals surface area contributed by atoms with E-state index in [-0.39, 0.29) is 25.0 Å². The molecule has 0 spiro atoms. The summed E-state index contributed by atoms with van der Waals surface area (Å²) in [5.41, 5.74) is 2.00. The van der Waals surface area contributed by atoms with Crippen molar-refractivity contribution in [2.45, 2.75) is 6.92 Å². The van der Waals surface area contributed by atoms with Gasteiger partial charge in [-0.25, -0.2) is 0 Å². The van der Waals surface area contributed by atoms with E-state index < -0.39 is 0 Å². The van der Waals surface area contributed by atoms with E-state index in [4.69, 9.17) is 21.1 Å². The number of rotatable bonds is 6. The number of ether oxygens (including phenoxy) is 2. The van der Waals surface area contributed by atoms with E-state index in [1.165, 1.54) is 0 Å². The zero-order valence-corrected chi connectivity index (χ0v) is 15.6. The van der Waals surface area contributed by atoms with Crippen LogP contribution in [-0.4, -0.2) is 31.6 Å². The Kier molecular flexibility index (Phi) is 5.66. The zero-order chi connectivity index (χ0) is 19.4. The van der Waals surface area contributed by atoms with Gasteiger partial charge < -0.3 is 19.7 Å². The molecule has 0 atom stereocenters. The molecular formula is C20H19ClN2O4. The predicted octanol–water partition coefficient (Wildman–Crippen LogP) is 3.66. The van der Waals surface area contributed by atoms with Crippen LogP contribution in [0.2, 0.25) is 5.02 Å². The van der Waals surface area contributed by atoms with Gasteiger partial charge in [0.2, 0.25) is 0 Å². The lowest BCUT2D eigenvalue weighted by Crippen LogP contribution is -2.39. The van der Waals surface area contributed by atoms with Crippen molar-refractivity contribution in [2.75, 3.05) is 30.0 Å². The number of hydrogen-bond acceptors (Lipinski definition) is 4. The van der Waals surface area contributed by atoms with Crippen molar-refractivity contribution in [3.63, 3.8) is 0 Å². The SMILES string of the molecule is C=C(C)CN1C(=O)COc2ccc(NC(=O)COc3ccc(Cl)cc3)cc21. The Morgan fingerprint density at radius 3 is 2.74 bits per heavy atom. The monoisotopic (exact) mass is 386 g/mol. The van der Waals surface area contributed by atoms with Crippen LogP contribution in [0.15, 0.2) is 54.6 Å². The molecule has 2 aromatic rings. The molecule has 0 unspecified atom stereocenters. The molecule has 1 aliphatic rings. The van der Waals surface area contributed by atoms with Gasteiger partial charge >= 0.3 is 0 Å². The summed E-state index contributed by atoms with van der Waals surface area (Å²) in [7, 11) is 0. The lowest BCUT2D eigenvalue weighted by atomic mass is 10.2. The molecule has 0 bridgehead atoms. The van der Waals surface area contributed by atoms with E-state index in [0.29, 0.717) is 34.4 Å². The molecule has 0 fully saturated rings. The van der Waals surface area contributed by atoms with E-state index in [1.807, 2.05) is 6.92 Å². The maximum Gasteiger partial charge on any atom is 0.265 e. The molecule has 7 heteroatoms. The second kappa shape index (κ2) is 8.14. The number of carbonyl (C=O) groups excluding carboxylic acids is 2. The van der Waals surface area contributed by atoms with Gasteiger partial charge in [-0.05, 0) is 49.4 Å². The first-order valence-electron chi connectivity index (χ1n) is 8.32. The van der Waals surface area contributed by atoms with Crippen molar-refractivity contribution < 1.29 is 19.1 Å². The summed E-state index contributed by atoms with van der Waals surface area (Å²) in [6.45, 7) is 5.94. The Hall–Kier alpha value is -2.99. The number of fused-ring (bicyclic) bond motifs is 1. The summed E-state index contributed by atoms with van der Waals surface area (Å²) in [5, 5.41) is 3.35. The number of anilines is 2. The Morgan fingerprint density at radius 2 is 2.04 bits per heavy atom. The number of benzene rings is 2. The molecule has 6 nitrogen and oxygen atoms in total. The summed E-state index contributed by atoms with van der Waals surface area (Å²) < 4.78 is 10.9. The predicted molar refractivity (Wildman–Crippen MR) is 105 cm³/mol. The van der Waals surface area contributed by atoms with Gasteiger partial charge in [0.15, 0.2) is 13.2 Å². The molecule has 2 amide bonds. The summed E-state index contributed by atoms with van der Waals surface area (Å²) in [5.74, 6) is 0.664.